The molecule has 1 aliphatic rings. The van der Waals surface area contributed by atoms with Crippen molar-refractivity contribution in [2.24, 2.45) is 5.92 Å². The minimum absolute atomic E-state index is 0.0785. The molecule has 4 heteroatoms. The highest BCUT2D eigenvalue weighted by Crippen LogP contribution is 2.24. The van der Waals surface area contributed by atoms with Crippen molar-refractivity contribution < 1.29 is 9.18 Å². The van der Waals surface area contributed by atoms with E-state index < -0.39 is 0 Å². The zero-order valence-electron chi connectivity index (χ0n) is 10.6. The van der Waals surface area contributed by atoms with E-state index in [1.165, 1.54) is 6.07 Å². The first-order chi connectivity index (χ1) is 8.49. The third-order valence-electron chi connectivity index (χ3n) is 3.57. The summed E-state index contributed by atoms with van der Waals surface area (Å²) in [6, 6.07) is 4.68. The van der Waals surface area contributed by atoms with Crippen LogP contribution < -0.4 is 0 Å². The SMILES string of the molecule is Cc1ccc(C(=O)N2CCC(C)C(Br)C2)cc1F. The summed E-state index contributed by atoms with van der Waals surface area (Å²) in [6.07, 6.45) is 0.982. The van der Waals surface area contributed by atoms with E-state index >= 15 is 0 Å². The molecule has 0 bridgehead atoms. The number of alkyl halides is 1. The van der Waals surface area contributed by atoms with Crippen LogP contribution in [0.25, 0.3) is 0 Å². The second kappa shape index (κ2) is 5.39. The molecule has 2 rings (SSSR count). The lowest BCUT2D eigenvalue weighted by molar-refractivity contribution is 0.0705. The lowest BCUT2D eigenvalue weighted by atomic mass is 9.98. The Morgan fingerprint density at radius 3 is 2.83 bits per heavy atom. The molecule has 1 aromatic carbocycles. The molecule has 2 atom stereocenters. The Bertz CT molecular complexity index is 463. The van der Waals surface area contributed by atoms with E-state index in [9.17, 15) is 9.18 Å². The maximum atomic E-state index is 13.5. The molecule has 98 valence electrons. The minimum atomic E-state index is -0.318. The molecule has 2 unspecified atom stereocenters. The zero-order valence-corrected chi connectivity index (χ0v) is 12.2. The van der Waals surface area contributed by atoms with E-state index in [1.807, 2.05) is 0 Å². The molecule has 1 fully saturated rings. The predicted molar refractivity (Wildman–Crippen MR) is 73.5 cm³/mol. The summed E-state index contributed by atoms with van der Waals surface area (Å²) in [7, 11) is 0. The number of aryl methyl sites for hydroxylation is 1. The van der Waals surface area contributed by atoms with Gasteiger partial charge in [0.2, 0.25) is 0 Å². The third-order valence-corrected chi connectivity index (χ3v) is 4.76. The Morgan fingerprint density at radius 2 is 2.22 bits per heavy atom. The molecule has 0 radical (unpaired) electrons. The maximum Gasteiger partial charge on any atom is 0.253 e. The van der Waals surface area contributed by atoms with Crippen LogP contribution in [0.4, 0.5) is 4.39 Å². The van der Waals surface area contributed by atoms with Gasteiger partial charge in [-0.05, 0) is 37.0 Å². The average Bonchev–Trinajstić information content (AvgIpc) is 2.35. The number of carbonyl (C=O) groups excluding carboxylic acids is 1. The Labute approximate surface area is 115 Å². The molecule has 0 aromatic heterocycles. The highest BCUT2D eigenvalue weighted by Gasteiger charge is 2.27. The number of hydrogen-bond acceptors (Lipinski definition) is 1. The van der Waals surface area contributed by atoms with Crippen LogP contribution in [0.3, 0.4) is 0 Å². The molecule has 0 aliphatic carbocycles. The van der Waals surface area contributed by atoms with Crippen molar-refractivity contribution in [3.05, 3.63) is 35.1 Å². The van der Waals surface area contributed by atoms with Crippen molar-refractivity contribution in [2.45, 2.75) is 25.1 Å². The van der Waals surface area contributed by atoms with Crippen LogP contribution in [0.15, 0.2) is 18.2 Å². The number of likely N-dealkylation sites (tertiary alicyclic amines) is 1. The van der Waals surface area contributed by atoms with Crippen molar-refractivity contribution in [2.75, 3.05) is 13.1 Å². The largest absolute Gasteiger partial charge is 0.338 e. The molecular formula is C14H17BrFNO. The average molecular weight is 314 g/mol. The molecule has 0 spiro atoms. The van der Waals surface area contributed by atoms with E-state index in [0.29, 0.717) is 28.4 Å². The van der Waals surface area contributed by atoms with Gasteiger partial charge in [-0.25, -0.2) is 4.39 Å². The van der Waals surface area contributed by atoms with Gasteiger partial charge in [-0.3, -0.25) is 4.79 Å². The smallest absolute Gasteiger partial charge is 0.253 e. The fourth-order valence-electron chi connectivity index (χ4n) is 2.12. The normalized spacial score (nSPS) is 24.1. The van der Waals surface area contributed by atoms with E-state index in [-0.39, 0.29) is 11.7 Å². The molecule has 18 heavy (non-hydrogen) atoms. The molecule has 1 saturated heterocycles. The van der Waals surface area contributed by atoms with E-state index in [4.69, 9.17) is 0 Å². The van der Waals surface area contributed by atoms with Crippen LogP contribution in [0, 0.1) is 18.7 Å². The van der Waals surface area contributed by atoms with Gasteiger partial charge in [0.1, 0.15) is 5.82 Å². The van der Waals surface area contributed by atoms with Crippen LogP contribution in [0.2, 0.25) is 0 Å². The quantitative estimate of drug-likeness (QED) is 0.728. The summed E-state index contributed by atoms with van der Waals surface area (Å²) in [4.78, 5) is 14.4. The minimum Gasteiger partial charge on any atom is -0.338 e. The molecule has 0 N–H and O–H groups in total. The van der Waals surface area contributed by atoms with Gasteiger partial charge in [-0.2, -0.15) is 0 Å². The Balaban J connectivity index is 2.14. The maximum absolute atomic E-state index is 13.5. The van der Waals surface area contributed by atoms with E-state index in [2.05, 4.69) is 22.9 Å². The first-order valence-electron chi connectivity index (χ1n) is 6.18. The van der Waals surface area contributed by atoms with Crippen LogP contribution >= 0.6 is 15.9 Å². The number of halogens is 2. The summed E-state index contributed by atoms with van der Waals surface area (Å²) in [5.74, 6) is 0.177. The van der Waals surface area contributed by atoms with Crippen molar-refractivity contribution >= 4 is 21.8 Å². The highest BCUT2D eigenvalue weighted by atomic mass is 79.9. The lowest BCUT2D eigenvalue weighted by Crippen LogP contribution is -2.43. The van der Waals surface area contributed by atoms with Gasteiger partial charge in [-0.15, -0.1) is 0 Å². The van der Waals surface area contributed by atoms with Crippen LogP contribution in [-0.2, 0) is 0 Å². The van der Waals surface area contributed by atoms with Gasteiger partial charge in [0, 0.05) is 23.5 Å². The zero-order chi connectivity index (χ0) is 13.3. The van der Waals surface area contributed by atoms with Gasteiger partial charge >= 0.3 is 0 Å². The van der Waals surface area contributed by atoms with Crippen LogP contribution in [0.1, 0.15) is 29.3 Å². The number of carbonyl (C=O) groups is 1. The Hall–Kier alpha value is -0.900. The number of hydrogen-bond donors (Lipinski definition) is 0. The molecule has 1 aromatic rings. The summed E-state index contributed by atoms with van der Waals surface area (Å²) in [6.45, 7) is 5.31. The van der Waals surface area contributed by atoms with Crippen molar-refractivity contribution in [3.8, 4) is 0 Å². The standard InChI is InChI=1S/C14H17BrFNO/c1-9-5-6-17(8-12(9)15)14(18)11-4-3-10(2)13(16)7-11/h3-4,7,9,12H,5-6,8H2,1-2H3. The summed E-state index contributed by atoms with van der Waals surface area (Å²) < 4.78 is 13.5. The first-order valence-corrected chi connectivity index (χ1v) is 7.10. The Kier molecular flexibility index (Phi) is 4.05. The summed E-state index contributed by atoms with van der Waals surface area (Å²) >= 11 is 3.59. The number of benzene rings is 1. The van der Waals surface area contributed by atoms with Crippen molar-refractivity contribution in [1.29, 1.82) is 0 Å². The summed E-state index contributed by atoms with van der Waals surface area (Å²) in [5, 5.41) is 0. The predicted octanol–water partition coefficient (Wildman–Crippen LogP) is 3.38. The molecule has 1 heterocycles. The van der Waals surface area contributed by atoms with Gasteiger partial charge in [-0.1, -0.05) is 28.9 Å². The Morgan fingerprint density at radius 1 is 1.50 bits per heavy atom. The number of rotatable bonds is 1. The van der Waals surface area contributed by atoms with Crippen molar-refractivity contribution in [1.82, 2.24) is 4.90 Å². The number of amides is 1. The monoisotopic (exact) mass is 313 g/mol. The number of nitrogens with zero attached hydrogens (tertiary/aromatic N) is 1. The third kappa shape index (κ3) is 2.74. The molecule has 2 nitrogen and oxygen atoms in total. The second-order valence-corrected chi connectivity index (χ2v) is 6.17. The van der Waals surface area contributed by atoms with Gasteiger partial charge < -0.3 is 4.90 Å². The van der Waals surface area contributed by atoms with Gasteiger partial charge in [0.05, 0.1) is 0 Å². The van der Waals surface area contributed by atoms with E-state index in [1.54, 1.807) is 24.0 Å². The second-order valence-electron chi connectivity index (χ2n) is 5.00. The highest BCUT2D eigenvalue weighted by molar-refractivity contribution is 9.09. The summed E-state index contributed by atoms with van der Waals surface area (Å²) in [5.41, 5.74) is 1.00. The molecular weight excluding hydrogens is 297 g/mol. The topological polar surface area (TPSA) is 20.3 Å². The molecule has 1 aliphatic heterocycles. The lowest BCUT2D eigenvalue weighted by Gasteiger charge is -2.34. The molecule has 0 saturated carbocycles. The van der Waals surface area contributed by atoms with Gasteiger partial charge in [0.15, 0.2) is 0 Å². The fraction of sp³-hybridized carbons (Fsp3) is 0.500. The number of piperidine rings is 1. The van der Waals surface area contributed by atoms with Crippen molar-refractivity contribution in [3.63, 3.8) is 0 Å². The molecule has 1 amide bonds. The van der Waals surface area contributed by atoms with Gasteiger partial charge in [0.25, 0.3) is 5.91 Å². The fourth-order valence-corrected chi connectivity index (χ4v) is 2.73. The first kappa shape index (κ1) is 13.5. The van der Waals surface area contributed by atoms with E-state index in [0.717, 1.165) is 13.0 Å². The van der Waals surface area contributed by atoms with Crippen LogP contribution in [-0.4, -0.2) is 28.7 Å². The van der Waals surface area contributed by atoms with Crippen LogP contribution in [0.5, 0.6) is 0 Å².